The number of halogens is 1. The molecule has 0 saturated carbocycles. The van der Waals surface area contributed by atoms with E-state index in [2.05, 4.69) is 22.0 Å². The van der Waals surface area contributed by atoms with Crippen LogP contribution in [0.4, 0.5) is 4.39 Å². The molecule has 5 nitrogen and oxygen atoms in total. The molecule has 0 aliphatic carbocycles. The van der Waals surface area contributed by atoms with Gasteiger partial charge in [-0.1, -0.05) is 0 Å². The third-order valence-corrected chi connectivity index (χ3v) is 5.45. The number of hydrogen-bond acceptors (Lipinski definition) is 4. The summed E-state index contributed by atoms with van der Waals surface area (Å²) in [5.41, 5.74) is 1.46. The lowest BCUT2D eigenvalue weighted by Crippen LogP contribution is -2.33. The molecule has 0 unspecified atom stereocenters. The average molecular weight is 369 g/mol. The second-order valence-electron chi connectivity index (χ2n) is 7.36. The molecule has 1 aliphatic rings. The van der Waals surface area contributed by atoms with Crippen molar-refractivity contribution in [2.45, 2.75) is 38.8 Å². The summed E-state index contributed by atoms with van der Waals surface area (Å²) in [4.78, 5) is 18.8. The van der Waals surface area contributed by atoms with Gasteiger partial charge in [0.05, 0.1) is 11.9 Å². The van der Waals surface area contributed by atoms with Crippen molar-refractivity contribution in [3.8, 4) is 0 Å². The fourth-order valence-corrected chi connectivity index (χ4v) is 3.89. The molecule has 1 aliphatic heterocycles. The van der Waals surface area contributed by atoms with Crippen molar-refractivity contribution in [2.75, 3.05) is 13.1 Å². The summed E-state index contributed by atoms with van der Waals surface area (Å²) in [6, 6.07) is 8.20. The minimum Gasteiger partial charge on any atom is -0.376 e. The van der Waals surface area contributed by atoms with Crippen LogP contribution >= 0.6 is 0 Å². The van der Waals surface area contributed by atoms with E-state index in [4.69, 9.17) is 4.52 Å². The standard InChI is InChI=1S/C21H24FN3O2/c22-18-3-4-19-20(14-18)27-25(21(19)26)11-1-2-16-7-12-24(13-8-16)15-17-5-9-23-10-6-17/h3-6,9-10,14,16H,1-2,7-8,11-13,15H2. The summed E-state index contributed by atoms with van der Waals surface area (Å²) in [5.74, 6) is 0.304. The predicted molar refractivity (Wildman–Crippen MR) is 102 cm³/mol. The van der Waals surface area contributed by atoms with Crippen molar-refractivity contribution in [1.82, 2.24) is 14.6 Å². The van der Waals surface area contributed by atoms with Gasteiger partial charge in [0.2, 0.25) is 0 Å². The first-order chi connectivity index (χ1) is 13.2. The number of nitrogens with zero attached hydrogens (tertiary/aromatic N) is 3. The summed E-state index contributed by atoms with van der Waals surface area (Å²) in [6.45, 7) is 3.75. The zero-order valence-corrected chi connectivity index (χ0v) is 15.3. The molecule has 2 aromatic heterocycles. The topological polar surface area (TPSA) is 51.3 Å². The van der Waals surface area contributed by atoms with Gasteiger partial charge < -0.3 is 4.52 Å². The third-order valence-electron chi connectivity index (χ3n) is 5.45. The molecule has 6 heteroatoms. The Hall–Kier alpha value is -2.47. The van der Waals surface area contributed by atoms with Crippen LogP contribution in [-0.4, -0.2) is 27.7 Å². The first-order valence-corrected chi connectivity index (χ1v) is 9.60. The van der Waals surface area contributed by atoms with Crippen molar-refractivity contribution >= 4 is 11.0 Å². The van der Waals surface area contributed by atoms with Crippen LogP contribution in [0.5, 0.6) is 0 Å². The van der Waals surface area contributed by atoms with E-state index >= 15 is 0 Å². The van der Waals surface area contributed by atoms with Crippen LogP contribution in [-0.2, 0) is 13.1 Å². The molecular formula is C21H24FN3O2. The minimum atomic E-state index is -0.387. The van der Waals surface area contributed by atoms with Gasteiger partial charge in [-0.15, -0.1) is 0 Å². The van der Waals surface area contributed by atoms with Crippen LogP contribution in [0, 0.1) is 11.7 Å². The van der Waals surface area contributed by atoms with Gasteiger partial charge >= 0.3 is 0 Å². The summed E-state index contributed by atoms with van der Waals surface area (Å²) < 4.78 is 20.1. The molecule has 0 radical (unpaired) electrons. The third kappa shape index (κ3) is 4.27. The molecule has 4 rings (SSSR count). The Labute approximate surface area is 157 Å². The van der Waals surface area contributed by atoms with Crippen molar-refractivity contribution in [3.05, 3.63) is 64.5 Å². The Morgan fingerprint density at radius 3 is 2.70 bits per heavy atom. The number of aromatic nitrogens is 2. The molecule has 1 saturated heterocycles. The zero-order valence-electron chi connectivity index (χ0n) is 15.3. The number of aryl methyl sites for hydroxylation is 1. The summed E-state index contributed by atoms with van der Waals surface area (Å²) in [7, 11) is 0. The van der Waals surface area contributed by atoms with Gasteiger partial charge in [0.25, 0.3) is 5.56 Å². The SMILES string of the molecule is O=c1c2ccc(F)cc2on1CCCC1CCN(Cc2ccncc2)CC1. The molecular weight excluding hydrogens is 345 g/mol. The first-order valence-electron chi connectivity index (χ1n) is 9.60. The van der Waals surface area contributed by atoms with Gasteiger partial charge in [0.15, 0.2) is 5.58 Å². The van der Waals surface area contributed by atoms with Crippen LogP contribution in [0.2, 0.25) is 0 Å². The molecule has 0 atom stereocenters. The van der Waals surface area contributed by atoms with Crippen molar-refractivity contribution in [3.63, 3.8) is 0 Å². The van der Waals surface area contributed by atoms with Crippen LogP contribution in [0.25, 0.3) is 11.0 Å². The highest BCUT2D eigenvalue weighted by Crippen LogP contribution is 2.23. The number of pyridine rings is 1. The van der Waals surface area contributed by atoms with E-state index in [1.807, 2.05) is 12.4 Å². The van der Waals surface area contributed by atoms with E-state index < -0.39 is 0 Å². The van der Waals surface area contributed by atoms with E-state index in [1.54, 1.807) is 0 Å². The number of piperidine rings is 1. The smallest absolute Gasteiger partial charge is 0.290 e. The highest BCUT2D eigenvalue weighted by molar-refractivity contribution is 5.75. The molecule has 0 bridgehead atoms. The zero-order chi connectivity index (χ0) is 18.6. The van der Waals surface area contributed by atoms with E-state index in [0.29, 0.717) is 23.4 Å². The van der Waals surface area contributed by atoms with Crippen molar-refractivity contribution in [2.24, 2.45) is 5.92 Å². The molecule has 27 heavy (non-hydrogen) atoms. The quantitative estimate of drug-likeness (QED) is 0.663. The second-order valence-corrected chi connectivity index (χ2v) is 7.36. The average Bonchev–Trinajstić information content (AvgIpc) is 2.99. The highest BCUT2D eigenvalue weighted by atomic mass is 19.1. The molecule has 3 aromatic rings. The summed E-state index contributed by atoms with van der Waals surface area (Å²) >= 11 is 0. The Balaban J connectivity index is 1.25. The molecule has 0 spiro atoms. The minimum absolute atomic E-state index is 0.169. The molecule has 1 fully saturated rings. The van der Waals surface area contributed by atoms with Crippen LogP contribution < -0.4 is 5.56 Å². The van der Waals surface area contributed by atoms with Crippen LogP contribution in [0.3, 0.4) is 0 Å². The fourth-order valence-electron chi connectivity index (χ4n) is 3.89. The molecule has 3 heterocycles. The number of fused-ring (bicyclic) bond motifs is 1. The lowest BCUT2D eigenvalue weighted by molar-refractivity contribution is 0.166. The first kappa shape index (κ1) is 17.9. The number of hydrogen-bond donors (Lipinski definition) is 0. The maximum absolute atomic E-state index is 13.3. The van der Waals surface area contributed by atoms with E-state index in [9.17, 15) is 9.18 Å². The normalized spacial score (nSPS) is 16.2. The van der Waals surface area contributed by atoms with Gasteiger partial charge in [0.1, 0.15) is 5.82 Å². The lowest BCUT2D eigenvalue weighted by atomic mass is 9.92. The van der Waals surface area contributed by atoms with Crippen molar-refractivity contribution < 1.29 is 8.91 Å². The van der Waals surface area contributed by atoms with Gasteiger partial charge in [-0.3, -0.25) is 14.7 Å². The van der Waals surface area contributed by atoms with Gasteiger partial charge in [-0.25, -0.2) is 4.39 Å². The number of rotatable bonds is 6. The van der Waals surface area contributed by atoms with E-state index in [0.717, 1.165) is 32.5 Å². The molecule has 0 amide bonds. The Kier molecular flexibility index (Phi) is 5.34. The highest BCUT2D eigenvalue weighted by Gasteiger charge is 2.19. The monoisotopic (exact) mass is 369 g/mol. The summed E-state index contributed by atoms with van der Waals surface area (Å²) in [6.07, 6.45) is 8.04. The maximum atomic E-state index is 13.3. The van der Waals surface area contributed by atoms with Crippen molar-refractivity contribution in [1.29, 1.82) is 0 Å². The van der Waals surface area contributed by atoms with E-state index in [-0.39, 0.29) is 11.4 Å². The predicted octanol–water partition coefficient (Wildman–Crippen LogP) is 3.82. The van der Waals surface area contributed by atoms with Crippen LogP contribution in [0.15, 0.2) is 52.0 Å². The maximum Gasteiger partial charge on any atom is 0.290 e. The van der Waals surface area contributed by atoms with Gasteiger partial charge in [0, 0.05) is 25.0 Å². The Bertz CT molecular complexity index is 943. The van der Waals surface area contributed by atoms with Crippen LogP contribution in [0.1, 0.15) is 31.2 Å². The largest absolute Gasteiger partial charge is 0.376 e. The molecule has 1 aromatic carbocycles. The Morgan fingerprint density at radius 1 is 1.15 bits per heavy atom. The van der Waals surface area contributed by atoms with E-state index in [1.165, 1.54) is 41.3 Å². The van der Waals surface area contributed by atoms with Gasteiger partial charge in [-0.2, -0.15) is 4.74 Å². The summed E-state index contributed by atoms with van der Waals surface area (Å²) in [5, 5.41) is 0.445. The lowest BCUT2D eigenvalue weighted by Gasteiger charge is -2.32. The second kappa shape index (κ2) is 8.05. The van der Waals surface area contributed by atoms with Gasteiger partial charge in [-0.05, 0) is 74.5 Å². The number of likely N-dealkylation sites (tertiary alicyclic amines) is 1. The number of benzene rings is 1. The molecule has 0 N–H and O–H groups in total. The Morgan fingerprint density at radius 2 is 1.93 bits per heavy atom. The fraction of sp³-hybridized carbons (Fsp3) is 0.429. The molecule has 142 valence electrons.